The number of halogens is 1. The molecule has 2 aromatic rings. The van der Waals surface area contributed by atoms with Crippen LogP contribution in [-0.2, 0) is 4.79 Å². The molecule has 0 saturated carbocycles. The molecular formula is C12H11FN2O2S. The number of anilines is 1. The molecule has 6 heteroatoms. The Bertz CT molecular complexity index is 583. The van der Waals surface area contributed by atoms with Gasteiger partial charge < -0.3 is 10.1 Å². The highest BCUT2D eigenvalue weighted by Gasteiger charge is 2.10. The van der Waals surface area contributed by atoms with Crippen molar-refractivity contribution < 1.29 is 13.9 Å². The summed E-state index contributed by atoms with van der Waals surface area (Å²) >= 11 is 1.25. The predicted octanol–water partition coefficient (Wildman–Crippen LogP) is 2.92. The highest BCUT2D eigenvalue weighted by Crippen LogP contribution is 2.29. The maximum Gasteiger partial charge on any atom is 0.223 e. The molecule has 0 aliphatic carbocycles. The summed E-state index contributed by atoms with van der Waals surface area (Å²) in [4.78, 5) is 15.0. The van der Waals surface area contributed by atoms with Crippen LogP contribution in [0.3, 0.4) is 0 Å². The van der Waals surface area contributed by atoms with E-state index in [-0.39, 0.29) is 5.91 Å². The highest BCUT2D eigenvalue weighted by atomic mass is 32.1. The molecule has 0 saturated heterocycles. The second kappa shape index (κ2) is 5.14. The van der Waals surface area contributed by atoms with Gasteiger partial charge in [0, 0.05) is 23.9 Å². The molecule has 0 fully saturated rings. The van der Waals surface area contributed by atoms with Gasteiger partial charge in [0.2, 0.25) is 5.91 Å². The van der Waals surface area contributed by atoms with E-state index >= 15 is 0 Å². The lowest BCUT2D eigenvalue weighted by Crippen LogP contribution is -2.05. The van der Waals surface area contributed by atoms with Gasteiger partial charge in [-0.25, -0.2) is 9.37 Å². The summed E-state index contributed by atoms with van der Waals surface area (Å²) in [6.07, 6.45) is 0. The van der Waals surface area contributed by atoms with Crippen molar-refractivity contribution in [3.8, 4) is 17.0 Å². The van der Waals surface area contributed by atoms with Crippen LogP contribution < -0.4 is 10.1 Å². The molecule has 0 radical (unpaired) electrons. The van der Waals surface area contributed by atoms with E-state index < -0.39 is 5.82 Å². The van der Waals surface area contributed by atoms with Gasteiger partial charge in [0.25, 0.3) is 0 Å². The van der Waals surface area contributed by atoms with Gasteiger partial charge in [-0.1, -0.05) is 0 Å². The lowest BCUT2D eigenvalue weighted by atomic mass is 10.1. The molecule has 1 heterocycles. The number of methoxy groups -OCH3 is 1. The van der Waals surface area contributed by atoms with Crippen LogP contribution in [0.2, 0.25) is 0 Å². The molecule has 1 aromatic carbocycles. The zero-order chi connectivity index (χ0) is 13.1. The van der Waals surface area contributed by atoms with E-state index in [1.54, 1.807) is 17.5 Å². The van der Waals surface area contributed by atoms with Crippen molar-refractivity contribution in [1.82, 2.24) is 4.98 Å². The van der Waals surface area contributed by atoms with Crippen LogP contribution in [0.25, 0.3) is 11.3 Å². The van der Waals surface area contributed by atoms with Gasteiger partial charge in [-0.05, 0) is 12.1 Å². The molecule has 0 atom stereocenters. The van der Waals surface area contributed by atoms with E-state index in [2.05, 4.69) is 10.3 Å². The van der Waals surface area contributed by atoms with E-state index in [9.17, 15) is 9.18 Å². The first-order valence-electron chi connectivity index (χ1n) is 5.17. The number of benzene rings is 1. The van der Waals surface area contributed by atoms with Gasteiger partial charge in [0.15, 0.2) is 5.13 Å². The first-order chi connectivity index (χ1) is 8.60. The van der Waals surface area contributed by atoms with Crippen LogP contribution in [0, 0.1) is 5.82 Å². The Hall–Kier alpha value is -1.95. The average Bonchev–Trinajstić information content (AvgIpc) is 2.76. The van der Waals surface area contributed by atoms with Crippen LogP contribution in [0.4, 0.5) is 9.52 Å². The maximum absolute atomic E-state index is 13.8. The molecule has 0 aliphatic rings. The summed E-state index contributed by atoms with van der Waals surface area (Å²) in [7, 11) is 1.48. The molecule has 94 valence electrons. The van der Waals surface area contributed by atoms with Crippen molar-refractivity contribution in [2.24, 2.45) is 0 Å². The van der Waals surface area contributed by atoms with E-state index in [0.29, 0.717) is 22.1 Å². The summed E-state index contributed by atoms with van der Waals surface area (Å²) < 4.78 is 18.7. The standard InChI is InChI=1S/C12H11FN2O2S/c1-7(16)14-12-15-11(6-18-12)9-4-3-8(17-2)5-10(9)13/h3-6H,1-2H3,(H,14,15,16). The van der Waals surface area contributed by atoms with E-state index in [0.717, 1.165) is 0 Å². The fraction of sp³-hybridized carbons (Fsp3) is 0.167. The SMILES string of the molecule is COc1ccc(-c2csc(NC(C)=O)n2)c(F)c1. The smallest absolute Gasteiger partial charge is 0.223 e. The number of nitrogens with zero attached hydrogens (tertiary/aromatic N) is 1. The third-order valence-electron chi connectivity index (χ3n) is 2.24. The fourth-order valence-electron chi connectivity index (χ4n) is 1.44. The van der Waals surface area contributed by atoms with Crippen molar-refractivity contribution >= 4 is 22.4 Å². The molecule has 18 heavy (non-hydrogen) atoms. The lowest BCUT2D eigenvalue weighted by Gasteiger charge is -2.03. The molecule has 4 nitrogen and oxygen atoms in total. The van der Waals surface area contributed by atoms with Crippen molar-refractivity contribution in [3.05, 3.63) is 29.4 Å². The summed E-state index contributed by atoms with van der Waals surface area (Å²) in [6.45, 7) is 1.40. The minimum absolute atomic E-state index is 0.203. The molecule has 0 bridgehead atoms. The Morgan fingerprint density at radius 1 is 1.50 bits per heavy atom. The van der Waals surface area contributed by atoms with Gasteiger partial charge in [-0.2, -0.15) is 0 Å². The fourth-order valence-corrected chi connectivity index (χ4v) is 2.19. The number of hydrogen-bond donors (Lipinski definition) is 1. The lowest BCUT2D eigenvalue weighted by molar-refractivity contribution is -0.114. The number of thiazole rings is 1. The predicted molar refractivity (Wildman–Crippen MR) is 68.4 cm³/mol. The third kappa shape index (κ3) is 2.65. The van der Waals surface area contributed by atoms with Gasteiger partial charge >= 0.3 is 0 Å². The van der Waals surface area contributed by atoms with Gasteiger partial charge in [-0.15, -0.1) is 11.3 Å². The van der Waals surface area contributed by atoms with Crippen molar-refractivity contribution in [2.45, 2.75) is 6.92 Å². The maximum atomic E-state index is 13.8. The van der Waals surface area contributed by atoms with E-state index in [1.807, 2.05) is 0 Å². The molecule has 0 spiro atoms. The second-order valence-electron chi connectivity index (χ2n) is 3.56. The van der Waals surface area contributed by atoms with Crippen LogP contribution >= 0.6 is 11.3 Å². The highest BCUT2D eigenvalue weighted by molar-refractivity contribution is 7.14. The van der Waals surface area contributed by atoms with Crippen molar-refractivity contribution in [2.75, 3.05) is 12.4 Å². The largest absolute Gasteiger partial charge is 0.497 e. The zero-order valence-corrected chi connectivity index (χ0v) is 10.7. The Morgan fingerprint density at radius 3 is 2.89 bits per heavy atom. The Balaban J connectivity index is 2.31. The monoisotopic (exact) mass is 266 g/mol. The molecule has 1 amide bonds. The summed E-state index contributed by atoms with van der Waals surface area (Å²) in [5.41, 5.74) is 0.868. The topological polar surface area (TPSA) is 51.2 Å². The molecule has 0 unspecified atom stereocenters. The summed E-state index contributed by atoms with van der Waals surface area (Å²) in [6, 6.07) is 4.56. The van der Waals surface area contributed by atoms with E-state index in [1.165, 1.54) is 31.4 Å². The van der Waals surface area contributed by atoms with Crippen LogP contribution in [-0.4, -0.2) is 18.0 Å². The molecule has 1 N–H and O–H groups in total. The quantitative estimate of drug-likeness (QED) is 0.929. The molecule has 1 aromatic heterocycles. The summed E-state index contributed by atoms with van der Waals surface area (Å²) in [5.74, 6) is -0.159. The van der Waals surface area contributed by atoms with Gasteiger partial charge in [0.05, 0.1) is 12.8 Å². The Kier molecular flexibility index (Phi) is 3.57. The van der Waals surface area contributed by atoms with Gasteiger partial charge in [-0.3, -0.25) is 4.79 Å². The minimum atomic E-state index is -0.408. The number of hydrogen-bond acceptors (Lipinski definition) is 4. The van der Waals surface area contributed by atoms with Gasteiger partial charge in [0.1, 0.15) is 11.6 Å². The first kappa shape index (κ1) is 12.5. The normalized spacial score (nSPS) is 10.2. The number of amides is 1. The number of ether oxygens (including phenoxy) is 1. The van der Waals surface area contributed by atoms with Crippen LogP contribution in [0.5, 0.6) is 5.75 Å². The number of carbonyl (C=O) groups is 1. The Labute approximate surface area is 107 Å². The number of carbonyl (C=O) groups excluding carboxylic acids is 1. The van der Waals surface area contributed by atoms with Crippen molar-refractivity contribution in [1.29, 1.82) is 0 Å². The third-order valence-corrected chi connectivity index (χ3v) is 3.00. The molecule has 2 rings (SSSR count). The Morgan fingerprint density at radius 2 is 2.28 bits per heavy atom. The number of aromatic nitrogens is 1. The second-order valence-corrected chi connectivity index (χ2v) is 4.42. The number of nitrogens with one attached hydrogen (secondary N) is 1. The van der Waals surface area contributed by atoms with Crippen molar-refractivity contribution in [3.63, 3.8) is 0 Å². The first-order valence-corrected chi connectivity index (χ1v) is 6.05. The van der Waals surface area contributed by atoms with E-state index in [4.69, 9.17) is 4.74 Å². The van der Waals surface area contributed by atoms with Crippen LogP contribution in [0.1, 0.15) is 6.92 Å². The minimum Gasteiger partial charge on any atom is -0.497 e. The molecule has 0 aliphatic heterocycles. The van der Waals surface area contributed by atoms with Crippen LogP contribution in [0.15, 0.2) is 23.6 Å². The molecular weight excluding hydrogens is 255 g/mol. The zero-order valence-electron chi connectivity index (χ0n) is 9.86. The number of rotatable bonds is 3. The summed E-state index contributed by atoms with van der Waals surface area (Å²) in [5, 5.41) is 4.70. The average molecular weight is 266 g/mol.